The van der Waals surface area contributed by atoms with E-state index in [0.717, 1.165) is 68.3 Å². The lowest BCUT2D eigenvalue weighted by Crippen LogP contribution is -2.43. The Bertz CT molecular complexity index is 1110. The van der Waals surface area contributed by atoms with Gasteiger partial charge in [0.1, 0.15) is 12.4 Å². The summed E-state index contributed by atoms with van der Waals surface area (Å²) in [5.74, 6) is 1.29. The van der Waals surface area contributed by atoms with Crippen LogP contribution in [0.4, 0.5) is 0 Å². The van der Waals surface area contributed by atoms with Crippen molar-refractivity contribution in [2.45, 2.75) is 77.3 Å². The topological polar surface area (TPSA) is 67.2 Å². The third kappa shape index (κ3) is 6.93. The molecule has 1 unspecified atom stereocenters. The summed E-state index contributed by atoms with van der Waals surface area (Å²) in [6.45, 7) is 4.08. The van der Waals surface area contributed by atoms with Gasteiger partial charge >= 0.3 is 0 Å². The molecule has 186 valence electrons. The van der Waals surface area contributed by atoms with Crippen molar-refractivity contribution < 1.29 is 9.59 Å². The smallest absolute Gasteiger partial charge is 0.242 e. The number of aromatic nitrogens is 2. The van der Waals surface area contributed by atoms with Crippen LogP contribution in [-0.2, 0) is 29.0 Å². The van der Waals surface area contributed by atoms with E-state index >= 15 is 0 Å². The number of imidazole rings is 1. The number of piperidine rings is 1. The zero-order valence-corrected chi connectivity index (χ0v) is 20.9. The minimum absolute atomic E-state index is 0.112. The molecule has 1 atom stereocenters. The fraction of sp³-hybridized carbons (Fsp3) is 0.483. The number of likely N-dealkylation sites (tertiary alicyclic amines) is 1. The highest BCUT2D eigenvalue weighted by Gasteiger charge is 2.24. The van der Waals surface area contributed by atoms with Gasteiger partial charge in [-0.3, -0.25) is 9.59 Å². The fourth-order valence-corrected chi connectivity index (χ4v) is 4.99. The van der Waals surface area contributed by atoms with Gasteiger partial charge in [-0.15, -0.1) is 0 Å². The van der Waals surface area contributed by atoms with E-state index in [0.29, 0.717) is 25.6 Å². The first kappa shape index (κ1) is 25.0. The molecule has 0 bridgehead atoms. The minimum atomic E-state index is 0.112. The summed E-state index contributed by atoms with van der Waals surface area (Å²) in [6, 6.07) is 18.5. The second-order valence-electron chi connectivity index (χ2n) is 9.68. The second kappa shape index (κ2) is 12.5. The highest BCUT2D eigenvalue weighted by atomic mass is 16.2. The molecule has 0 spiro atoms. The predicted molar refractivity (Wildman–Crippen MR) is 140 cm³/mol. The molecule has 2 heterocycles. The largest absolute Gasteiger partial charge is 0.356 e. The van der Waals surface area contributed by atoms with Crippen LogP contribution in [0.2, 0.25) is 0 Å². The van der Waals surface area contributed by atoms with Gasteiger partial charge < -0.3 is 14.8 Å². The Labute approximate surface area is 208 Å². The van der Waals surface area contributed by atoms with E-state index in [4.69, 9.17) is 4.98 Å². The molecule has 3 aromatic rings. The Kier molecular flexibility index (Phi) is 8.93. The molecule has 35 heavy (non-hydrogen) atoms. The Hall–Kier alpha value is -3.15. The van der Waals surface area contributed by atoms with Crippen molar-refractivity contribution in [3.05, 3.63) is 66.0 Å². The van der Waals surface area contributed by atoms with Crippen LogP contribution in [0.1, 0.15) is 63.3 Å². The van der Waals surface area contributed by atoms with E-state index in [-0.39, 0.29) is 11.8 Å². The predicted octanol–water partition coefficient (Wildman–Crippen LogP) is 4.90. The number of nitrogens with zero attached hydrogens (tertiary/aromatic N) is 3. The number of unbranched alkanes of at least 4 members (excludes halogenated alkanes) is 2. The lowest BCUT2D eigenvalue weighted by atomic mass is 10.0. The summed E-state index contributed by atoms with van der Waals surface area (Å²) >= 11 is 0. The number of carbonyl (C=O) groups is 2. The Morgan fingerprint density at radius 1 is 0.971 bits per heavy atom. The van der Waals surface area contributed by atoms with Crippen molar-refractivity contribution in [3.8, 4) is 0 Å². The highest BCUT2D eigenvalue weighted by molar-refractivity contribution is 5.81. The normalized spacial score (nSPS) is 15.9. The van der Waals surface area contributed by atoms with E-state index in [1.807, 2.05) is 41.3 Å². The Morgan fingerprint density at radius 3 is 2.60 bits per heavy atom. The van der Waals surface area contributed by atoms with E-state index in [1.54, 1.807) is 0 Å². The molecule has 0 radical (unpaired) electrons. The van der Waals surface area contributed by atoms with Crippen molar-refractivity contribution in [3.63, 3.8) is 0 Å². The van der Waals surface area contributed by atoms with Gasteiger partial charge in [-0.25, -0.2) is 4.98 Å². The van der Waals surface area contributed by atoms with E-state index in [1.165, 1.54) is 12.0 Å². The first-order valence-corrected chi connectivity index (χ1v) is 13.2. The quantitative estimate of drug-likeness (QED) is 0.402. The fourth-order valence-electron chi connectivity index (χ4n) is 4.99. The van der Waals surface area contributed by atoms with Crippen LogP contribution < -0.4 is 5.32 Å². The van der Waals surface area contributed by atoms with Crippen LogP contribution >= 0.6 is 0 Å². The lowest BCUT2D eigenvalue weighted by Gasteiger charge is -2.33. The molecule has 1 aliphatic heterocycles. The number of carbonyl (C=O) groups excluding carboxylic acids is 2. The molecular formula is C29H38N4O2. The number of aryl methyl sites for hydroxylation is 2. The third-order valence-electron chi connectivity index (χ3n) is 7.03. The molecule has 1 saturated heterocycles. The van der Waals surface area contributed by atoms with Gasteiger partial charge in [-0.1, -0.05) is 48.9 Å². The molecule has 1 fully saturated rings. The maximum atomic E-state index is 13.1. The number of amides is 2. The summed E-state index contributed by atoms with van der Waals surface area (Å²) in [7, 11) is 0. The molecule has 1 aromatic heterocycles. The van der Waals surface area contributed by atoms with Crippen molar-refractivity contribution >= 4 is 22.8 Å². The summed E-state index contributed by atoms with van der Waals surface area (Å²) in [5.41, 5.74) is 3.18. The number of hydrogen-bond acceptors (Lipinski definition) is 3. The average Bonchev–Trinajstić information content (AvgIpc) is 3.22. The number of benzene rings is 2. The number of fused-ring (bicyclic) bond motifs is 1. The van der Waals surface area contributed by atoms with Crippen molar-refractivity contribution in [1.29, 1.82) is 0 Å². The van der Waals surface area contributed by atoms with Gasteiger partial charge in [0.25, 0.3) is 0 Å². The maximum Gasteiger partial charge on any atom is 0.242 e. The van der Waals surface area contributed by atoms with Gasteiger partial charge in [-0.2, -0.15) is 0 Å². The van der Waals surface area contributed by atoms with E-state index in [9.17, 15) is 9.59 Å². The monoisotopic (exact) mass is 474 g/mol. The second-order valence-corrected chi connectivity index (χ2v) is 9.68. The zero-order valence-electron chi connectivity index (χ0n) is 20.9. The standard InChI is InChI=1S/C29H38N4O2/c1-23-12-9-11-21-32(23)29(35)22-33-26-16-8-7-15-25(26)31-27(33)17-6-3-10-20-30-28(34)19-18-24-13-4-2-5-14-24/h2,4-5,7-8,13-16,23H,3,6,9-12,17-22H2,1H3,(H,30,34). The highest BCUT2D eigenvalue weighted by Crippen LogP contribution is 2.21. The van der Waals surface area contributed by atoms with Crippen molar-refractivity contribution in [1.82, 2.24) is 19.8 Å². The van der Waals surface area contributed by atoms with Crippen LogP contribution in [-0.4, -0.2) is 45.4 Å². The summed E-state index contributed by atoms with van der Waals surface area (Å²) in [5, 5.41) is 3.04. The summed E-state index contributed by atoms with van der Waals surface area (Å²) in [6.07, 6.45) is 8.47. The molecule has 0 aliphatic carbocycles. The first-order chi connectivity index (χ1) is 17.1. The molecule has 0 saturated carbocycles. The van der Waals surface area contributed by atoms with Crippen LogP contribution in [0.5, 0.6) is 0 Å². The van der Waals surface area contributed by atoms with E-state index < -0.39 is 0 Å². The Balaban J connectivity index is 1.24. The van der Waals surface area contributed by atoms with Crippen molar-refractivity contribution in [2.24, 2.45) is 0 Å². The summed E-state index contributed by atoms with van der Waals surface area (Å²) < 4.78 is 2.12. The number of nitrogens with one attached hydrogen (secondary N) is 1. The maximum absolute atomic E-state index is 13.1. The van der Waals surface area contributed by atoms with Crippen LogP contribution in [0.25, 0.3) is 11.0 Å². The van der Waals surface area contributed by atoms with Gasteiger partial charge in [0.15, 0.2) is 0 Å². The van der Waals surface area contributed by atoms with Crippen LogP contribution in [0.15, 0.2) is 54.6 Å². The van der Waals surface area contributed by atoms with Gasteiger partial charge in [0, 0.05) is 32.0 Å². The summed E-state index contributed by atoms with van der Waals surface area (Å²) in [4.78, 5) is 32.1. The van der Waals surface area contributed by atoms with Gasteiger partial charge in [0.05, 0.1) is 11.0 Å². The lowest BCUT2D eigenvalue weighted by molar-refractivity contribution is -0.135. The van der Waals surface area contributed by atoms with Gasteiger partial charge in [0.2, 0.25) is 11.8 Å². The molecular weight excluding hydrogens is 436 g/mol. The van der Waals surface area contributed by atoms with E-state index in [2.05, 4.69) is 35.0 Å². The number of hydrogen-bond donors (Lipinski definition) is 1. The Morgan fingerprint density at radius 2 is 1.77 bits per heavy atom. The number of rotatable bonds is 11. The molecule has 2 amide bonds. The SMILES string of the molecule is CC1CCCCN1C(=O)Cn1c(CCCCCNC(=O)CCc2ccccc2)nc2ccccc21. The molecule has 1 aliphatic rings. The molecule has 6 nitrogen and oxygen atoms in total. The van der Waals surface area contributed by atoms with Crippen LogP contribution in [0.3, 0.4) is 0 Å². The third-order valence-corrected chi connectivity index (χ3v) is 7.03. The van der Waals surface area contributed by atoms with Crippen LogP contribution in [0, 0.1) is 0 Å². The zero-order chi connectivity index (χ0) is 24.5. The molecule has 1 N–H and O–H groups in total. The molecule has 4 rings (SSSR count). The minimum Gasteiger partial charge on any atom is -0.356 e. The molecule has 2 aromatic carbocycles. The van der Waals surface area contributed by atoms with Gasteiger partial charge in [-0.05, 0) is 63.1 Å². The first-order valence-electron chi connectivity index (χ1n) is 13.2. The number of para-hydroxylation sites is 2. The van der Waals surface area contributed by atoms with Crippen molar-refractivity contribution in [2.75, 3.05) is 13.1 Å². The molecule has 6 heteroatoms. The average molecular weight is 475 g/mol.